The zero-order valence-corrected chi connectivity index (χ0v) is 10.5. The number of hydrogen-bond acceptors (Lipinski definition) is 4. The number of nitrogens with zero attached hydrogens (tertiary/aromatic N) is 1. The van der Waals surface area contributed by atoms with Crippen molar-refractivity contribution in [2.75, 3.05) is 18.1 Å². The fourth-order valence-electron chi connectivity index (χ4n) is 1.32. The van der Waals surface area contributed by atoms with Gasteiger partial charge in [-0.2, -0.15) is 13.2 Å². The molecule has 0 aliphatic carbocycles. The van der Waals surface area contributed by atoms with Crippen molar-refractivity contribution in [2.24, 2.45) is 0 Å². The maximum atomic E-state index is 11.9. The van der Waals surface area contributed by atoms with Gasteiger partial charge in [-0.15, -0.1) is 0 Å². The first-order chi connectivity index (χ1) is 8.20. The van der Waals surface area contributed by atoms with Gasteiger partial charge in [0.05, 0.1) is 0 Å². The summed E-state index contributed by atoms with van der Waals surface area (Å²) in [7, 11) is -3.45. The maximum Gasteiger partial charge on any atom is 0.389 e. The second-order valence-corrected chi connectivity index (χ2v) is 5.75. The molecule has 8 heteroatoms. The predicted molar refractivity (Wildman–Crippen MR) is 61.1 cm³/mol. The molecule has 0 atom stereocenters. The molecular formula is C10H13F3N2O2S. The molecule has 0 aliphatic heterocycles. The van der Waals surface area contributed by atoms with Gasteiger partial charge in [-0.25, -0.2) is 13.4 Å². The molecule has 0 saturated heterocycles. The quantitative estimate of drug-likeness (QED) is 0.841. The molecule has 1 rings (SSSR count). The van der Waals surface area contributed by atoms with Crippen molar-refractivity contribution in [1.82, 2.24) is 4.98 Å². The summed E-state index contributed by atoms with van der Waals surface area (Å²) in [5.74, 6) is 0.0853. The lowest BCUT2D eigenvalue weighted by atomic mass is 10.3. The van der Waals surface area contributed by atoms with E-state index in [1.807, 2.05) is 0 Å². The third-order valence-electron chi connectivity index (χ3n) is 2.10. The average Bonchev–Trinajstić information content (AvgIpc) is 2.22. The van der Waals surface area contributed by atoms with Crippen LogP contribution in [0.4, 0.5) is 19.0 Å². The zero-order valence-electron chi connectivity index (χ0n) is 9.66. The molecule has 102 valence electrons. The van der Waals surface area contributed by atoms with Gasteiger partial charge in [0.2, 0.25) is 0 Å². The maximum absolute atomic E-state index is 11.9. The van der Waals surface area contributed by atoms with Crippen LogP contribution in [-0.2, 0) is 9.84 Å². The van der Waals surface area contributed by atoms with E-state index in [1.165, 1.54) is 18.3 Å². The molecule has 0 spiro atoms. The van der Waals surface area contributed by atoms with Crippen LogP contribution in [0.2, 0.25) is 0 Å². The average molecular weight is 282 g/mol. The molecular weight excluding hydrogens is 269 g/mol. The first-order valence-electron chi connectivity index (χ1n) is 5.16. The van der Waals surface area contributed by atoms with Crippen LogP contribution in [0.3, 0.4) is 0 Å². The van der Waals surface area contributed by atoms with Crippen LogP contribution < -0.4 is 5.32 Å². The van der Waals surface area contributed by atoms with Crippen molar-refractivity contribution in [3.63, 3.8) is 0 Å². The highest BCUT2D eigenvalue weighted by molar-refractivity contribution is 7.90. The minimum Gasteiger partial charge on any atom is -0.369 e. The van der Waals surface area contributed by atoms with Gasteiger partial charge >= 0.3 is 6.18 Å². The highest BCUT2D eigenvalue weighted by atomic mass is 32.2. The van der Waals surface area contributed by atoms with Crippen molar-refractivity contribution < 1.29 is 21.6 Å². The fourth-order valence-corrected chi connectivity index (χ4v) is 2.12. The van der Waals surface area contributed by atoms with E-state index >= 15 is 0 Å². The molecule has 0 aromatic carbocycles. The Balaban J connectivity index is 2.64. The van der Waals surface area contributed by atoms with Crippen LogP contribution >= 0.6 is 0 Å². The number of hydrogen-bond donors (Lipinski definition) is 1. The Kier molecular flexibility index (Phi) is 4.55. The molecule has 1 aromatic heterocycles. The molecule has 0 bridgehead atoms. The first-order valence-corrected chi connectivity index (χ1v) is 7.05. The van der Waals surface area contributed by atoms with E-state index in [0.717, 1.165) is 6.26 Å². The molecule has 0 fully saturated rings. The first kappa shape index (κ1) is 14.7. The molecule has 0 saturated carbocycles. The molecule has 0 radical (unpaired) electrons. The third-order valence-corrected chi connectivity index (χ3v) is 3.23. The third kappa shape index (κ3) is 4.91. The number of pyridine rings is 1. The second-order valence-electron chi connectivity index (χ2n) is 3.77. The number of anilines is 1. The van der Waals surface area contributed by atoms with Gasteiger partial charge in [0.1, 0.15) is 10.7 Å². The van der Waals surface area contributed by atoms with E-state index in [4.69, 9.17) is 0 Å². The summed E-state index contributed by atoms with van der Waals surface area (Å²) in [6.45, 7) is 0.0129. The summed E-state index contributed by atoms with van der Waals surface area (Å²) in [6, 6.07) is 2.81. The molecule has 18 heavy (non-hydrogen) atoms. The molecule has 0 amide bonds. The topological polar surface area (TPSA) is 59.1 Å². The monoisotopic (exact) mass is 282 g/mol. The Morgan fingerprint density at radius 2 is 2.06 bits per heavy atom. The van der Waals surface area contributed by atoms with Crippen LogP contribution in [-0.4, -0.2) is 32.4 Å². The highest BCUT2D eigenvalue weighted by Crippen LogP contribution is 2.22. The number of nitrogens with one attached hydrogen (secondary N) is 1. The Morgan fingerprint density at radius 3 is 2.61 bits per heavy atom. The molecule has 4 nitrogen and oxygen atoms in total. The second kappa shape index (κ2) is 5.55. The molecule has 1 aromatic rings. The molecule has 0 unspecified atom stereocenters. The molecule has 0 aliphatic rings. The van der Waals surface area contributed by atoms with Crippen LogP contribution in [0.25, 0.3) is 0 Å². The van der Waals surface area contributed by atoms with Crippen LogP contribution in [0.5, 0.6) is 0 Å². The number of alkyl halides is 3. The number of aromatic nitrogens is 1. The van der Waals surface area contributed by atoms with Crippen LogP contribution in [0.15, 0.2) is 23.2 Å². The van der Waals surface area contributed by atoms with Crippen molar-refractivity contribution >= 4 is 15.7 Å². The van der Waals surface area contributed by atoms with Crippen molar-refractivity contribution in [3.05, 3.63) is 18.3 Å². The summed E-state index contributed by atoms with van der Waals surface area (Å²) in [5.41, 5.74) is 0. The number of sulfone groups is 1. The zero-order chi connectivity index (χ0) is 13.8. The minimum atomic E-state index is -4.20. The Labute approximate surface area is 103 Å². The molecule has 1 N–H and O–H groups in total. The summed E-state index contributed by atoms with van der Waals surface area (Å²) in [4.78, 5) is 3.79. The van der Waals surface area contributed by atoms with Gasteiger partial charge in [-0.3, -0.25) is 0 Å². The van der Waals surface area contributed by atoms with E-state index < -0.39 is 22.4 Å². The molecule has 1 heterocycles. The standard InChI is InChI=1S/C10H13F3N2O2S/c1-18(16,17)8-4-2-6-14-9(8)15-7-3-5-10(11,12)13/h2,4,6H,3,5,7H2,1H3,(H,14,15). The lowest BCUT2D eigenvalue weighted by Crippen LogP contribution is -2.13. The van der Waals surface area contributed by atoms with Crippen LogP contribution in [0, 0.1) is 0 Å². The predicted octanol–water partition coefficient (Wildman–Crippen LogP) is 2.24. The summed E-state index contributed by atoms with van der Waals surface area (Å²) in [5, 5.41) is 2.60. The number of halogens is 3. The SMILES string of the molecule is CS(=O)(=O)c1cccnc1NCCCC(F)(F)F. The summed E-state index contributed by atoms with van der Waals surface area (Å²) >= 11 is 0. The van der Waals surface area contributed by atoms with Gasteiger partial charge in [-0.1, -0.05) is 0 Å². The Morgan fingerprint density at radius 1 is 1.39 bits per heavy atom. The van der Waals surface area contributed by atoms with Gasteiger partial charge in [-0.05, 0) is 18.6 Å². The van der Waals surface area contributed by atoms with Gasteiger partial charge in [0.15, 0.2) is 9.84 Å². The van der Waals surface area contributed by atoms with E-state index in [0.29, 0.717) is 0 Å². The minimum absolute atomic E-state index is 0.0129. The van der Waals surface area contributed by atoms with Crippen molar-refractivity contribution in [2.45, 2.75) is 23.9 Å². The Bertz CT molecular complexity index is 500. The highest BCUT2D eigenvalue weighted by Gasteiger charge is 2.26. The van der Waals surface area contributed by atoms with Gasteiger partial charge in [0.25, 0.3) is 0 Å². The smallest absolute Gasteiger partial charge is 0.369 e. The van der Waals surface area contributed by atoms with E-state index in [2.05, 4.69) is 10.3 Å². The lowest BCUT2D eigenvalue weighted by molar-refractivity contribution is -0.134. The van der Waals surface area contributed by atoms with Crippen molar-refractivity contribution in [1.29, 1.82) is 0 Å². The summed E-state index contributed by atoms with van der Waals surface area (Å²) < 4.78 is 58.5. The van der Waals surface area contributed by atoms with Crippen LogP contribution in [0.1, 0.15) is 12.8 Å². The fraction of sp³-hybridized carbons (Fsp3) is 0.500. The van der Waals surface area contributed by atoms with Gasteiger partial charge < -0.3 is 5.32 Å². The Hall–Kier alpha value is -1.31. The lowest BCUT2D eigenvalue weighted by Gasteiger charge is -2.10. The van der Waals surface area contributed by atoms with E-state index in [-0.39, 0.29) is 23.7 Å². The van der Waals surface area contributed by atoms with Crippen molar-refractivity contribution in [3.8, 4) is 0 Å². The largest absolute Gasteiger partial charge is 0.389 e. The number of rotatable bonds is 5. The normalized spacial score (nSPS) is 12.4. The van der Waals surface area contributed by atoms with E-state index in [1.54, 1.807) is 0 Å². The van der Waals surface area contributed by atoms with Gasteiger partial charge in [0, 0.05) is 25.4 Å². The van der Waals surface area contributed by atoms with E-state index in [9.17, 15) is 21.6 Å². The summed E-state index contributed by atoms with van der Waals surface area (Å²) in [6.07, 6.45) is -2.86.